The largest absolute Gasteiger partial charge is 0.452 e. The quantitative estimate of drug-likeness (QED) is 0.297. The van der Waals surface area contributed by atoms with Crippen LogP contribution in [0.1, 0.15) is 35.7 Å². The summed E-state index contributed by atoms with van der Waals surface area (Å²) in [6.07, 6.45) is 0. The first-order chi connectivity index (χ1) is 13.4. The lowest BCUT2D eigenvalue weighted by molar-refractivity contribution is -0.384. The number of rotatable bonds is 9. The van der Waals surface area contributed by atoms with Crippen molar-refractivity contribution in [1.29, 1.82) is 0 Å². The summed E-state index contributed by atoms with van der Waals surface area (Å²) in [4.78, 5) is 33.8. The van der Waals surface area contributed by atoms with Gasteiger partial charge in [0.2, 0.25) is 0 Å². The second-order valence-corrected chi connectivity index (χ2v) is 6.43. The molecule has 0 heterocycles. The van der Waals surface area contributed by atoms with Gasteiger partial charge in [-0.2, -0.15) is 0 Å². The van der Waals surface area contributed by atoms with E-state index in [-0.39, 0.29) is 12.3 Å². The first-order valence-electron chi connectivity index (χ1n) is 8.89. The predicted molar refractivity (Wildman–Crippen MR) is 105 cm³/mol. The molecule has 0 unspecified atom stereocenters. The number of hydrogen-bond donors (Lipinski definition) is 2. The highest BCUT2D eigenvalue weighted by molar-refractivity contribution is 5.91. The maximum atomic E-state index is 12.0. The first-order valence-corrected chi connectivity index (χ1v) is 8.89. The zero-order valence-corrected chi connectivity index (χ0v) is 15.8. The van der Waals surface area contributed by atoms with Crippen molar-refractivity contribution in [1.82, 2.24) is 5.32 Å². The number of ether oxygens (including phenoxy) is 1. The minimum Gasteiger partial charge on any atom is -0.452 e. The van der Waals surface area contributed by atoms with Gasteiger partial charge in [-0.3, -0.25) is 14.9 Å². The Balaban J connectivity index is 1.66. The average Bonchev–Trinajstić information content (AvgIpc) is 2.69. The van der Waals surface area contributed by atoms with E-state index in [9.17, 15) is 19.7 Å². The fourth-order valence-corrected chi connectivity index (χ4v) is 2.38. The lowest BCUT2D eigenvalue weighted by Gasteiger charge is -2.09. The second-order valence-electron chi connectivity index (χ2n) is 6.43. The van der Waals surface area contributed by atoms with Crippen molar-refractivity contribution in [3.8, 4) is 0 Å². The number of nitrogens with one attached hydrogen (secondary N) is 2. The Bertz CT molecular complexity index is 817. The van der Waals surface area contributed by atoms with Crippen LogP contribution in [0.15, 0.2) is 48.5 Å². The normalized spacial score (nSPS) is 10.4. The average molecular weight is 385 g/mol. The van der Waals surface area contributed by atoms with Crippen LogP contribution in [-0.2, 0) is 9.53 Å². The van der Waals surface area contributed by atoms with Crippen molar-refractivity contribution in [3.05, 3.63) is 69.8 Å². The molecule has 28 heavy (non-hydrogen) atoms. The van der Waals surface area contributed by atoms with Gasteiger partial charge in [0.05, 0.1) is 10.5 Å². The van der Waals surface area contributed by atoms with Gasteiger partial charge >= 0.3 is 5.97 Å². The van der Waals surface area contributed by atoms with Crippen LogP contribution in [0.25, 0.3) is 0 Å². The van der Waals surface area contributed by atoms with Crippen LogP contribution in [0.5, 0.6) is 0 Å². The van der Waals surface area contributed by atoms with E-state index < -0.39 is 16.8 Å². The zero-order chi connectivity index (χ0) is 20.5. The molecule has 0 fully saturated rings. The Labute approximate surface area is 163 Å². The van der Waals surface area contributed by atoms with Gasteiger partial charge in [-0.15, -0.1) is 0 Å². The number of amides is 1. The molecular weight excluding hydrogens is 362 g/mol. The molecule has 2 rings (SSSR count). The topological polar surface area (TPSA) is 111 Å². The molecule has 1 amide bonds. The summed E-state index contributed by atoms with van der Waals surface area (Å²) < 4.78 is 5.01. The highest BCUT2D eigenvalue weighted by Crippen LogP contribution is 2.16. The molecule has 0 saturated heterocycles. The summed E-state index contributed by atoms with van der Waals surface area (Å²) in [5, 5.41) is 16.2. The molecule has 0 spiro atoms. The molecule has 0 radical (unpaired) electrons. The molecule has 2 N–H and O–H groups in total. The van der Waals surface area contributed by atoms with Crippen LogP contribution >= 0.6 is 0 Å². The number of hydrogen-bond acceptors (Lipinski definition) is 6. The molecule has 2 aromatic rings. The molecule has 0 saturated carbocycles. The number of benzene rings is 2. The van der Waals surface area contributed by atoms with E-state index in [4.69, 9.17) is 4.74 Å². The minimum atomic E-state index is -0.547. The van der Waals surface area contributed by atoms with Gasteiger partial charge in [0.25, 0.3) is 11.6 Å². The van der Waals surface area contributed by atoms with E-state index in [1.54, 1.807) is 24.3 Å². The van der Waals surface area contributed by atoms with Gasteiger partial charge in [0.1, 0.15) is 0 Å². The van der Waals surface area contributed by atoms with Crippen LogP contribution in [-0.4, -0.2) is 36.5 Å². The molecule has 0 aliphatic heterocycles. The van der Waals surface area contributed by atoms with E-state index >= 15 is 0 Å². The molecule has 2 aromatic carbocycles. The van der Waals surface area contributed by atoms with E-state index in [1.165, 1.54) is 12.1 Å². The summed E-state index contributed by atoms with van der Waals surface area (Å²) in [6.45, 7) is 4.51. The Morgan fingerprint density at radius 3 is 2.25 bits per heavy atom. The fourth-order valence-electron chi connectivity index (χ4n) is 2.38. The van der Waals surface area contributed by atoms with Crippen LogP contribution in [0.2, 0.25) is 0 Å². The maximum absolute atomic E-state index is 12.0. The monoisotopic (exact) mass is 385 g/mol. The number of nitro benzene ring substituents is 1. The SMILES string of the molecule is CC(C)c1ccc(C(=O)OCC(=O)NCCNc2ccc([N+](=O)[O-])cc2)cc1. The summed E-state index contributed by atoms with van der Waals surface area (Å²) in [5.74, 6) is -0.581. The van der Waals surface area contributed by atoms with Crippen molar-refractivity contribution in [3.63, 3.8) is 0 Å². The highest BCUT2D eigenvalue weighted by Gasteiger charge is 2.10. The molecule has 0 aliphatic rings. The molecular formula is C20H23N3O5. The summed E-state index contributed by atoms with van der Waals surface area (Å²) in [5.41, 5.74) is 2.24. The lowest BCUT2D eigenvalue weighted by atomic mass is 10.0. The van der Waals surface area contributed by atoms with Gasteiger partial charge in [0.15, 0.2) is 6.61 Å². The zero-order valence-electron chi connectivity index (χ0n) is 15.8. The Morgan fingerprint density at radius 2 is 1.68 bits per heavy atom. The van der Waals surface area contributed by atoms with Crippen molar-refractivity contribution >= 4 is 23.3 Å². The Kier molecular flexibility index (Phi) is 7.50. The number of nitrogens with zero attached hydrogens (tertiary/aromatic N) is 1. The van der Waals surface area contributed by atoms with Gasteiger partial charge in [0, 0.05) is 30.9 Å². The summed E-state index contributed by atoms with van der Waals surface area (Å²) >= 11 is 0. The van der Waals surface area contributed by atoms with Gasteiger partial charge < -0.3 is 15.4 Å². The number of anilines is 1. The third kappa shape index (κ3) is 6.39. The smallest absolute Gasteiger partial charge is 0.338 e. The molecule has 8 heteroatoms. The Morgan fingerprint density at radius 1 is 1.04 bits per heavy atom. The standard InChI is InChI=1S/C20H23N3O5/c1-14(2)15-3-5-16(6-4-15)20(25)28-13-19(24)22-12-11-21-17-7-9-18(10-8-17)23(26)27/h3-10,14,21H,11-13H2,1-2H3,(H,22,24). The minimum absolute atomic E-state index is 0.0134. The van der Waals surface area contributed by atoms with Crippen LogP contribution in [0.4, 0.5) is 11.4 Å². The summed E-state index contributed by atoms with van der Waals surface area (Å²) in [6, 6.07) is 13.1. The van der Waals surface area contributed by atoms with E-state index in [0.29, 0.717) is 30.3 Å². The van der Waals surface area contributed by atoms with Crippen molar-refractivity contribution < 1.29 is 19.2 Å². The van der Waals surface area contributed by atoms with E-state index in [0.717, 1.165) is 5.56 Å². The number of esters is 1. The Hall–Kier alpha value is -3.42. The van der Waals surface area contributed by atoms with Gasteiger partial charge in [-0.1, -0.05) is 26.0 Å². The van der Waals surface area contributed by atoms with Crippen molar-refractivity contribution in [2.24, 2.45) is 0 Å². The van der Waals surface area contributed by atoms with E-state index in [2.05, 4.69) is 24.5 Å². The number of non-ortho nitro benzene ring substituents is 1. The maximum Gasteiger partial charge on any atom is 0.338 e. The van der Waals surface area contributed by atoms with Crippen molar-refractivity contribution in [2.75, 3.05) is 25.0 Å². The van der Waals surface area contributed by atoms with Crippen molar-refractivity contribution in [2.45, 2.75) is 19.8 Å². The molecule has 148 valence electrons. The first kappa shape index (κ1) is 20.9. The highest BCUT2D eigenvalue weighted by atomic mass is 16.6. The molecule has 8 nitrogen and oxygen atoms in total. The molecule has 0 aliphatic carbocycles. The van der Waals surface area contributed by atoms with E-state index in [1.807, 2.05) is 12.1 Å². The molecule has 0 atom stereocenters. The predicted octanol–water partition coefficient (Wildman–Crippen LogP) is 3.10. The number of carbonyl (C=O) groups excluding carboxylic acids is 2. The number of carbonyl (C=O) groups is 2. The lowest BCUT2D eigenvalue weighted by Crippen LogP contribution is -2.32. The third-order valence-corrected chi connectivity index (χ3v) is 4.00. The van der Waals surface area contributed by atoms with Gasteiger partial charge in [-0.25, -0.2) is 4.79 Å². The summed E-state index contributed by atoms with van der Waals surface area (Å²) in [7, 11) is 0. The van der Waals surface area contributed by atoms with Crippen LogP contribution in [0.3, 0.4) is 0 Å². The molecule has 0 aromatic heterocycles. The third-order valence-electron chi connectivity index (χ3n) is 4.00. The van der Waals surface area contributed by atoms with Crippen LogP contribution < -0.4 is 10.6 Å². The fraction of sp³-hybridized carbons (Fsp3) is 0.300. The second kappa shape index (κ2) is 10.1. The number of nitro groups is 1. The molecule has 0 bridgehead atoms. The van der Waals surface area contributed by atoms with Gasteiger partial charge in [-0.05, 0) is 35.7 Å². The van der Waals surface area contributed by atoms with Crippen LogP contribution in [0, 0.1) is 10.1 Å².